The Morgan fingerprint density at radius 3 is 2.60 bits per heavy atom. The average Bonchev–Trinajstić information content (AvgIpc) is 3.24. The van der Waals surface area contributed by atoms with Crippen molar-refractivity contribution in [2.24, 2.45) is 0 Å². The van der Waals surface area contributed by atoms with Crippen LogP contribution in [-0.2, 0) is 15.9 Å². The lowest BCUT2D eigenvalue weighted by Gasteiger charge is -2.22. The first-order valence-electron chi connectivity index (χ1n) is 6.87. The number of benzene rings is 1. The summed E-state index contributed by atoms with van der Waals surface area (Å²) >= 11 is 11.9. The molecule has 1 saturated carbocycles. The lowest BCUT2D eigenvalue weighted by atomic mass is 10.2. The van der Waals surface area contributed by atoms with Crippen LogP contribution in [0.2, 0.25) is 5.02 Å². The molecule has 1 aliphatic rings. The van der Waals surface area contributed by atoms with Crippen molar-refractivity contribution in [1.82, 2.24) is 4.31 Å². The molecule has 0 unspecified atom stereocenters. The van der Waals surface area contributed by atoms with Gasteiger partial charge in [0.25, 0.3) is 0 Å². The maximum Gasteiger partial charge on any atom is 0.244 e. The fourth-order valence-corrected chi connectivity index (χ4v) is 4.55. The third-order valence-corrected chi connectivity index (χ3v) is 6.16. The van der Waals surface area contributed by atoms with Gasteiger partial charge in [-0.25, -0.2) is 8.42 Å². The van der Waals surface area contributed by atoms with Crippen LogP contribution in [0.15, 0.2) is 23.1 Å². The largest absolute Gasteiger partial charge is 0.244 e. The van der Waals surface area contributed by atoms with Crippen molar-refractivity contribution in [2.75, 3.05) is 6.54 Å². The molecule has 6 heteroatoms. The van der Waals surface area contributed by atoms with Gasteiger partial charge >= 0.3 is 0 Å². The molecular weight excluding hydrogens is 317 g/mol. The van der Waals surface area contributed by atoms with Gasteiger partial charge in [-0.3, -0.25) is 0 Å². The van der Waals surface area contributed by atoms with E-state index in [0.717, 1.165) is 31.2 Å². The summed E-state index contributed by atoms with van der Waals surface area (Å²) in [7, 11) is -3.53. The first-order chi connectivity index (χ1) is 9.50. The monoisotopic (exact) mass is 335 g/mol. The third kappa shape index (κ3) is 3.48. The second kappa shape index (κ2) is 6.65. The SMILES string of the molecule is CCCCN(C1CC1)S(=O)(=O)c1cc(CCl)ccc1Cl. The molecule has 0 saturated heterocycles. The standard InChI is InChI=1S/C14H19Cl2NO2S/c1-2-3-8-17(12-5-6-12)20(18,19)14-9-11(10-15)4-7-13(14)16/h4,7,9,12H,2-3,5-6,8,10H2,1H3. The van der Waals surface area contributed by atoms with Gasteiger partial charge in [-0.1, -0.05) is 31.0 Å². The Balaban J connectivity index is 2.36. The summed E-state index contributed by atoms with van der Waals surface area (Å²) in [6.07, 6.45) is 3.71. The third-order valence-electron chi connectivity index (χ3n) is 3.42. The average molecular weight is 336 g/mol. The summed E-state index contributed by atoms with van der Waals surface area (Å²) in [6, 6.07) is 5.09. The van der Waals surface area contributed by atoms with Crippen LogP contribution >= 0.6 is 23.2 Å². The van der Waals surface area contributed by atoms with E-state index in [-0.39, 0.29) is 21.8 Å². The van der Waals surface area contributed by atoms with E-state index in [0.29, 0.717) is 6.54 Å². The van der Waals surface area contributed by atoms with Crippen molar-refractivity contribution < 1.29 is 8.42 Å². The summed E-state index contributed by atoms with van der Waals surface area (Å²) in [5.41, 5.74) is 0.765. The van der Waals surface area contributed by atoms with Crippen LogP contribution < -0.4 is 0 Å². The van der Waals surface area contributed by atoms with Gasteiger partial charge in [-0.2, -0.15) is 4.31 Å². The van der Waals surface area contributed by atoms with Crippen LogP contribution in [0.5, 0.6) is 0 Å². The molecule has 0 bridgehead atoms. The topological polar surface area (TPSA) is 37.4 Å². The predicted octanol–water partition coefficient (Wildman–Crippen LogP) is 4.03. The molecule has 0 N–H and O–H groups in total. The Kier molecular flexibility index (Phi) is 5.35. The number of rotatable bonds is 7. The van der Waals surface area contributed by atoms with Crippen LogP contribution in [0.1, 0.15) is 38.2 Å². The van der Waals surface area contributed by atoms with Gasteiger partial charge in [0.15, 0.2) is 0 Å². The van der Waals surface area contributed by atoms with E-state index in [1.165, 1.54) is 0 Å². The Labute approximate surface area is 130 Å². The number of hydrogen-bond donors (Lipinski definition) is 0. The molecular formula is C14H19Cl2NO2S. The first kappa shape index (κ1) is 16.1. The van der Waals surface area contributed by atoms with Crippen molar-refractivity contribution in [3.8, 4) is 0 Å². The molecule has 0 amide bonds. The molecule has 1 fully saturated rings. The zero-order valence-electron chi connectivity index (χ0n) is 11.5. The van der Waals surface area contributed by atoms with E-state index in [1.54, 1.807) is 22.5 Å². The van der Waals surface area contributed by atoms with E-state index in [4.69, 9.17) is 23.2 Å². The van der Waals surface area contributed by atoms with Gasteiger partial charge in [-0.05, 0) is 37.0 Å². The van der Waals surface area contributed by atoms with Crippen molar-refractivity contribution in [2.45, 2.75) is 49.4 Å². The fourth-order valence-electron chi connectivity index (χ4n) is 2.13. The van der Waals surface area contributed by atoms with Crippen molar-refractivity contribution >= 4 is 33.2 Å². The zero-order chi connectivity index (χ0) is 14.8. The van der Waals surface area contributed by atoms with Crippen LogP contribution in [0.4, 0.5) is 0 Å². The second-order valence-electron chi connectivity index (χ2n) is 5.10. The molecule has 0 atom stereocenters. The van der Waals surface area contributed by atoms with E-state index < -0.39 is 10.0 Å². The molecule has 0 spiro atoms. The second-order valence-corrected chi connectivity index (χ2v) is 7.63. The van der Waals surface area contributed by atoms with E-state index in [9.17, 15) is 8.42 Å². The van der Waals surface area contributed by atoms with Crippen LogP contribution in [0.3, 0.4) is 0 Å². The van der Waals surface area contributed by atoms with Crippen LogP contribution in [0.25, 0.3) is 0 Å². The molecule has 1 aromatic carbocycles. The van der Waals surface area contributed by atoms with Gasteiger partial charge in [0.2, 0.25) is 10.0 Å². The molecule has 20 heavy (non-hydrogen) atoms. The zero-order valence-corrected chi connectivity index (χ0v) is 13.8. The number of sulfonamides is 1. The first-order valence-corrected chi connectivity index (χ1v) is 9.22. The molecule has 0 aromatic heterocycles. The summed E-state index contributed by atoms with van der Waals surface area (Å²) in [6.45, 7) is 2.61. The number of halogens is 2. The number of alkyl halides is 1. The highest BCUT2D eigenvalue weighted by Gasteiger charge is 2.38. The van der Waals surface area contributed by atoms with Gasteiger partial charge in [0.1, 0.15) is 4.90 Å². The molecule has 1 aliphatic carbocycles. The maximum absolute atomic E-state index is 12.8. The van der Waals surface area contributed by atoms with E-state index in [1.807, 2.05) is 0 Å². The van der Waals surface area contributed by atoms with E-state index in [2.05, 4.69) is 6.92 Å². The maximum atomic E-state index is 12.8. The highest BCUT2D eigenvalue weighted by molar-refractivity contribution is 7.89. The molecule has 2 rings (SSSR count). The molecule has 0 radical (unpaired) electrons. The van der Waals surface area contributed by atoms with Gasteiger partial charge in [-0.15, -0.1) is 11.6 Å². The van der Waals surface area contributed by atoms with Crippen molar-refractivity contribution in [3.05, 3.63) is 28.8 Å². The number of unbranched alkanes of at least 4 members (excludes halogenated alkanes) is 1. The molecule has 3 nitrogen and oxygen atoms in total. The smallest absolute Gasteiger partial charge is 0.207 e. The summed E-state index contributed by atoms with van der Waals surface area (Å²) in [5.74, 6) is 0.276. The predicted molar refractivity (Wildman–Crippen MR) is 82.8 cm³/mol. The molecule has 1 aromatic rings. The molecule has 112 valence electrons. The lowest BCUT2D eigenvalue weighted by Crippen LogP contribution is -2.34. The minimum Gasteiger partial charge on any atom is -0.207 e. The minimum atomic E-state index is -3.53. The minimum absolute atomic E-state index is 0.141. The summed E-state index contributed by atoms with van der Waals surface area (Å²) in [4.78, 5) is 0.181. The van der Waals surface area contributed by atoms with Gasteiger partial charge in [0.05, 0.1) is 5.02 Å². The van der Waals surface area contributed by atoms with Crippen LogP contribution in [0, 0.1) is 0 Å². The Morgan fingerprint density at radius 1 is 1.35 bits per heavy atom. The quantitative estimate of drug-likeness (QED) is 0.705. The number of hydrogen-bond acceptors (Lipinski definition) is 2. The summed E-state index contributed by atoms with van der Waals surface area (Å²) < 4.78 is 27.2. The van der Waals surface area contributed by atoms with Crippen molar-refractivity contribution in [3.63, 3.8) is 0 Å². The Morgan fingerprint density at radius 2 is 2.05 bits per heavy atom. The Hall–Kier alpha value is -0.290. The molecule has 0 heterocycles. The van der Waals surface area contributed by atoms with Gasteiger partial charge in [0, 0.05) is 18.5 Å². The highest BCUT2D eigenvalue weighted by Crippen LogP contribution is 2.35. The van der Waals surface area contributed by atoms with Gasteiger partial charge < -0.3 is 0 Å². The van der Waals surface area contributed by atoms with E-state index >= 15 is 0 Å². The highest BCUT2D eigenvalue weighted by atomic mass is 35.5. The summed E-state index contributed by atoms with van der Waals surface area (Å²) in [5, 5.41) is 0.265. The fraction of sp³-hybridized carbons (Fsp3) is 0.571. The van der Waals surface area contributed by atoms with Crippen molar-refractivity contribution in [1.29, 1.82) is 0 Å². The normalized spacial score (nSPS) is 15.8. The van der Waals surface area contributed by atoms with Crippen LogP contribution in [-0.4, -0.2) is 25.3 Å². The molecule has 0 aliphatic heterocycles. The lowest BCUT2D eigenvalue weighted by molar-refractivity contribution is 0.395. The number of nitrogens with zero attached hydrogens (tertiary/aromatic N) is 1. The Bertz CT molecular complexity index is 571.